The third kappa shape index (κ3) is 2.94. The molecule has 0 aliphatic rings. The highest BCUT2D eigenvalue weighted by Crippen LogP contribution is 2.16. The van der Waals surface area contributed by atoms with E-state index in [4.69, 9.17) is 16.7 Å². The monoisotopic (exact) mass is 294 g/mol. The van der Waals surface area contributed by atoms with E-state index in [1.165, 1.54) is 6.92 Å². The largest absolute Gasteiger partial charge is 0.476 e. The molecule has 1 unspecified atom stereocenters. The van der Waals surface area contributed by atoms with Gasteiger partial charge in [0.05, 0.1) is 6.20 Å². The molecule has 1 aromatic heterocycles. The molecule has 0 saturated heterocycles. The number of nitrogens with one attached hydrogen (secondary N) is 1. The second-order valence-electron chi connectivity index (χ2n) is 4.04. The number of carboxylic acid groups (broad SMARTS) is 1. The number of anilines is 1. The summed E-state index contributed by atoms with van der Waals surface area (Å²) in [6, 6.07) is 5.76. The maximum atomic E-state index is 12.0. The van der Waals surface area contributed by atoms with E-state index in [2.05, 4.69) is 15.6 Å². The molecule has 0 bridgehead atoms. The van der Waals surface area contributed by atoms with Crippen LogP contribution in [0.25, 0.3) is 0 Å². The fourth-order valence-electron chi connectivity index (χ4n) is 1.57. The summed E-state index contributed by atoms with van der Waals surface area (Å²) in [5.74, 6) is -1.60. The summed E-state index contributed by atoms with van der Waals surface area (Å²) in [7, 11) is 0. The zero-order valence-electron chi connectivity index (χ0n) is 10.4. The molecule has 0 aliphatic heterocycles. The average Bonchev–Trinajstić information content (AvgIpc) is 2.90. The smallest absolute Gasteiger partial charge is 0.355 e. The van der Waals surface area contributed by atoms with Crippen molar-refractivity contribution in [2.24, 2.45) is 0 Å². The standard InChI is InChI=1S/C12H11ClN4O3/c1-7(17-10(12(19)20)6-14-16-17)11(18)15-9-4-2-8(13)3-5-9/h2-7H,1H3,(H,15,18)(H,19,20). The van der Waals surface area contributed by atoms with E-state index < -0.39 is 17.9 Å². The van der Waals surface area contributed by atoms with Crippen LogP contribution in [0.4, 0.5) is 5.69 Å². The molecular formula is C12H11ClN4O3. The normalized spacial score (nSPS) is 11.9. The zero-order valence-corrected chi connectivity index (χ0v) is 11.2. The van der Waals surface area contributed by atoms with Gasteiger partial charge in [-0.25, -0.2) is 9.48 Å². The first-order valence-corrected chi connectivity index (χ1v) is 6.06. The molecule has 0 fully saturated rings. The van der Waals surface area contributed by atoms with Crippen LogP contribution in [-0.2, 0) is 4.79 Å². The molecule has 20 heavy (non-hydrogen) atoms. The molecule has 1 atom stereocenters. The van der Waals surface area contributed by atoms with Gasteiger partial charge in [0.2, 0.25) is 5.91 Å². The fraction of sp³-hybridized carbons (Fsp3) is 0.167. The van der Waals surface area contributed by atoms with Crippen molar-refractivity contribution in [2.75, 3.05) is 5.32 Å². The number of carbonyl (C=O) groups excluding carboxylic acids is 1. The molecule has 2 N–H and O–H groups in total. The minimum atomic E-state index is -1.19. The van der Waals surface area contributed by atoms with Crippen molar-refractivity contribution in [2.45, 2.75) is 13.0 Å². The average molecular weight is 295 g/mol. The van der Waals surface area contributed by atoms with E-state index in [1.807, 2.05) is 0 Å². The second kappa shape index (κ2) is 5.70. The summed E-state index contributed by atoms with van der Waals surface area (Å²) in [4.78, 5) is 23.0. The predicted molar refractivity (Wildman–Crippen MR) is 71.8 cm³/mol. The summed E-state index contributed by atoms with van der Waals surface area (Å²) >= 11 is 5.75. The lowest BCUT2D eigenvalue weighted by Gasteiger charge is -2.13. The van der Waals surface area contributed by atoms with Crippen LogP contribution in [-0.4, -0.2) is 32.0 Å². The highest BCUT2D eigenvalue weighted by Gasteiger charge is 2.22. The van der Waals surface area contributed by atoms with Crippen molar-refractivity contribution in [3.05, 3.63) is 41.2 Å². The second-order valence-corrected chi connectivity index (χ2v) is 4.48. The predicted octanol–water partition coefficient (Wildman–Crippen LogP) is 1.83. The molecule has 1 amide bonds. The molecule has 1 heterocycles. The molecular weight excluding hydrogens is 284 g/mol. The Kier molecular flexibility index (Phi) is 3.99. The van der Waals surface area contributed by atoms with Gasteiger partial charge in [0.25, 0.3) is 0 Å². The maximum absolute atomic E-state index is 12.0. The van der Waals surface area contributed by atoms with Gasteiger partial charge in [0.15, 0.2) is 5.69 Å². The molecule has 0 aliphatic carbocycles. The Hall–Kier alpha value is -2.41. The zero-order chi connectivity index (χ0) is 14.7. The fourth-order valence-corrected chi connectivity index (χ4v) is 1.70. The number of halogens is 1. The Morgan fingerprint density at radius 2 is 2.00 bits per heavy atom. The summed E-state index contributed by atoms with van der Waals surface area (Å²) < 4.78 is 1.05. The quantitative estimate of drug-likeness (QED) is 0.896. The highest BCUT2D eigenvalue weighted by molar-refractivity contribution is 6.30. The number of carbonyl (C=O) groups is 2. The van der Waals surface area contributed by atoms with Gasteiger partial charge in [-0.2, -0.15) is 0 Å². The van der Waals surface area contributed by atoms with E-state index >= 15 is 0 Å². The number of amides is 1. The minimum absolute atomic E-state index is 0.149. The van der Waals surface area contributed by atoms with Crippen molar-refractivity contribution in [1.29, 1.82) is 0 Å². The molecule has 1 aromatic carbocycles. The van der Waals surface area contributed by atoms with Crippen molar-refractivity contribution < 1.29 is 14.7 Å². The number of nitrogens with zero attached hydrogens (tertiary/aromatic N) is 3. The van der Waals surface area contributed by atoms with Gasteiger partial charge in [0, 0.05) is 10.7 Å². The van der Waals surface area contributed by atoms with Crippen LogP contribution in [0.15, 0.2) is 30.5 Å². The van der Waals surface area contributed by atoms with E-state index in [-0.39, 0.29) is 5.69 Å². The van der Waals surface area contributed by atoms with Crippen LogP contribution in [0.3, 0.4) is 0 Å². The topological polar surface area (TPSA) is 97.1 Å². The van der Waals surface area contributed by atoms with Crippen molar-refractivity contribution >= 4 is 29.2 Å². The van der Waals surface area contributed by atoms with Gasteiger partial charge in [-0.15, -0.1) is 5.10 Å². The van der Waals surface area contributed by atoms with E-state index in [0.29, 0.717) is 10.7 Å². The van der Waals surface area contributed by atoms with Crippen LogP contribution in [0, 0.1) is 0 Å². The van der Waals surface area contributed by atoms with Crippen LogP contribution < -0.4 is 5.32 Å². The molecule has 7 nitrogen and oxygen atoms in total. The van der Waals surface area contributed by atoms with E-state index in [9.17, 15) is 9.59 Å². The third-order valence-electron chi connectivity index (χ3n) is 2.65. The SMILES string of the molecule is CC(C(=O)Nc1ccc(Cl)cc1)n1nncc1C(=O)O. The first kappa shape index (κ1) is 14.0. The molecule has 8 heteroatoms. The minimum Gasteiger partial charge on any atom is -0.476 e. The number of aromatic nitrogens is 3. The molecule has 0 spiro atoms. The number of hydrogen-bond donors (Lipinski definition) is 2. The van der Waals surface area contributed by atoms with Gasteiger partial charge in [-0.1, -0.05) is 16.8 Å². The lowest BCUT2D eigenvalue weighted by Crippen LogP contribution is -2.26. The highest BCUT2D eigenvalue weighted by atomic mass is 35.5. The molecule has 104 valence electrons. The number of carboxylic acids is 1. The van der Waals surface area contributed by atoms with Gasteiger partial charge >= 0.3 is 5.97 Å². The van der Waals surface area contributed by atoms with Crippen molar-refractivity contribution in [1.82, 2.24) is 15.0 Å². The number of benzene rings is 1. The Labute approximate surface area is 119 Å². The van der Waals surface area contributed by atoms with Gasteiger partial charge in [-0.05, 0) is 31.2 Å². The Balaban J connectivity index is 2.14. The first-order valence-electron chi connectivity index (χ1n) is 5.69. The number of rotatable bonds is 4. The summed E-state index contributed by atoms with van der Waals surface area (Å²) in [5.41, 5.74) is 0.409. The summed E-state index contributed by atoms with van der Waals surface area (Å²) in [6.07, 6.45) is 1.09. The Morgan fingerprint density at radius 3 is 2.60 bits per heavy atom. The van der Waals surface area contributed by atoms with Crippen LogP contribution in [0.5, 0.6) is 0 Å². The van der Waals surface area contributed by atoms with Gasteiger partial charge < -0.3 is 10.4 Å². The number of hydrogen-bond acceptors (Lipinski definition) is 4. The summed E-state index contributed by atoms with van der Waals surface area (Å²) in [5, 5.41) is 19.3. The van der Waals surface area contributed by atoms with E-state index in [0.717, 1.165) is 10.9 Å². The lowest BCUT2D eigenvalue weighted by atomic mass is 10.2. The number of aromatic carboxylic acids is 1. The Morgan fingerprint density at radius 1 is 1.35 bits per heavy atom. The van der Waals surface area contributed by atoms with Gasteiger partial charge in [-0.3, -0.25) is 4.79 Å². The lowest BCUT2D eigenvalue weighted by molar-refractivity contribution is -0.119. The van der Waals surface area contributed by atoms with Crippen molar-refractivity contribution in [3.8, 4) is 0 Å². The maximum Gasteiger partial charge on any atom is 0.355 e. The van der Waals surface area contributed by atoms with Crippen molar-refractivity contribution in [3.63, 3.8) is 0 Å². The van der Waals surface area contributed by atoms with Crippen LogP contribution >= 0.6 is 11.6 Å². The van der Waals surface area contributed by atoms with Gasteiger partial charge in [0.1, 0.15) is 6.04 Å². The molecule has 0 saturated carbocycles. The summed E-state index contributed by atoms with van der Waals surface area (Å²) in [6.45, 7) is 1.53. The van der Waals surface area contributed by atoms with Crippen LogP contribution in [0.2, 0.25) is 5.02 Å². The first-order chi connectivity index (χ1) is 9.49. The molecule has 2 aromatic rings. The van der Waals surface area contributed by atoms with Crippen LogP contribution in [0.1, 0.15) is 23.5 Å². The Bertz CT molecular complexity index is 638. The molecule has 0 radical (unpaired) electrons. The van der Waals surface area contributed by atoms with E-state index in [1.54, 1.807) is 24.3 Å². The third-order valence-corrected chi connectivity index (χ3v) is 2.90. The molecule has 2 rings (SSSR count).